The maximum atomic E-state index is 12.9. The maximum absolute atomic E-state index is 12.9. The van der Waals surface area contributed by atoms with Gasteiger partial charge < -0.3 is 4.74 Å². The summed E-state index contributed by atoms with van der Waals surface area (Å²) in [7, 11) is 0. The summed E-state index contributed by atoms with van der Waals surface area (Å²) in [6.07, 6.45) is -9.97. The molecule has 0 aromatic heterocycles. The summed E-state index contributed by atoms with van der Waals surface area (Å²) in [5, 5.41) is 0. The van der Waals surface area contributed by atoms with Crippen LogP contribution >= 0.6 is 0 Å². The Bertz CT molecular complexity index is 185. The van der Waals surface area contributed by atoms with E-state index in [4.69, 9.17) is 0 Å². The van der Waals surface area contributed by atoms with Gasteiger partial charge in [-0.3, -0.25) is 0 Å². The lowest BCUT2D eigenvalue weighted by Gasteiger charge is -2.28. The van der Waals surface area contributed by atoms with Crippen LogP contribution in [0.1, 0.15) is 20.3 Å². The summed E-state index contributed by atoms with van der Waals surface area (Å²) in [5.41, 5.74) is -3.10. The van der Waals surface area contributed by atoms with E-state index in [9.17, 15) is 26.3 Å². The van der Waals surface area contributed by atoms with Crippen LogP contribution in [0.25, 0.3) is 0 Å². The van der Waals surface area contributed by atoms with Crippen LogP contribution in [0.4, 0.5) is 26.3 Å². The molecule has 0 aliphatic heterocycles. The summed E-state index contributed by atoms with van der Waals surface area (Å²) in [5.74, 6) is 0. The maximum Gasteiger partial charge on any atom is 0.412 e. The van der Waals surface area contributed by atoms with Crippen LogP contribution in [0.15, 0.2) is 0 Å². The molecule has 0 bridgehead atoms. The van der Waals surface area contributed by atoms with Gasteiger partial charge in [0.05, 0.1) is 0 Å². The quantitative estimate of drug-likeness (QED) is 0.666. The van der Waals surface area contributed by atoms with Crippen LogP contribution in [0, 0.1) is 0 Å². The third-order valence-electron chi connectivity index (χ3n) is 1.69. The van der Waals surface area contributed by atoms with Crippen molar-refractivity contribution in [3.8, 4) is 0 Å². The molecule has 7 heteroatoms. The molecule has 0 aliphatic carbocycles. The number of rotatable bonds is 4. The van der Waals surface area contributed by atoms with Crippen molar-refractivity contribution < 1.29 is 31.1 Å². The second-order valence-electron chi connectivity index (χ2n) is 2.97. The van der Waals surface area contributed by atoms with E-state index in [1.54, 1.807) is 0 Å². The lowest BCUT2D eigenvalue weighted by atomic mass is 10.1. The van der Waals surface area contributed by atoms with Gasteiger partial charge in [-0.25, -0.2) is 4.39 Å². The van der Waals surface area contributed by atoms with Gasteiger partial charge in [0.25, 0.3) is 0 Å². The van der Waals surface area contributed by atoms with Gasteiger partial charge in [0.1, 0.15) is 6.61 Å². The topological polar surface area (TPSA) is 9.23 Å². The predicted molar refractivity (Wildman–Crippen MR) is 36.8 cm³/mol. The van der Waals surface area contributed by atoms with E-state index >= 15 is 0 Å². The van der Waals surface area contributed by atoms with E-state index in [0.29, 0.717) is 6.92 Å². The first-order valence-electron chi connectivity index (χ1n) is 3.79. The summed E-state index contributed by atoms with van der Waals surface area (Å²) >= 11 is 0. The fraction of sp³-hybridized carbons (Fsp3) is 1.00. The second-order valence-corrected chi connectivity index (χ2v) is 2.97. The SMILES string of the molecule is CCC(C)(F)C(F)(F)OCC(F)(F)F. The monoisotopic (exact) mass is 224 g/mol. The second kappa shape index (κ2) is 3.96. The first-order chi connectivity index (χ1) is 6.02. The molecule has 0 radical (unpaired) electrons. The van der Waals surface area contributed by atoms with Crippen molar-refractivity contribution in [2.75, 3.05) is 6.61 Å². The highest BCUT2D eigenvalue weighted by molar-refractivity contribution is 4.81. The molecule has 86 valence electrons. The summed E-state index contributed by atoms with van der Waals surface area (Å²) < 4.78 is 75.9. The number of ether oxygens (including phenoxy) is 1. The zero-order valence-corrected chi connectivity index (χ0v) is 7.59. The molecule has 0 heterocycles. The minimum atomic E-state index is -4.90. The summed E-state index contributed by atoms with van der Waals surface area (Å²) in [6.45, 7) is -0.590. The lowest BCUT2D eigenvalue weighted by Crippen LogP contribution is -2.45. The highest BCUT2D eigenvalue weighted by Gasteiger charge is 2.53. The predicted octanol–water partition coefficient (Wildman–Crippen LogP) is 3.30. The van der Waals surface area contributed by atoms with E-state index in [-0.39, 0.29) is 0 Å². The number of hydrogen-bond donors (Lipinski definition) is 0. The van der Waals surface area contributed by atoms with Gasteiger partial charge in [-0.2, -0.15) is 22.0 Å². The Hall–Kier alpha value is -0.460. The van der Waals surface area contributed by atoms with Crippen LogP contribution in [0.2, 0.25) is 0 Å². The normalized spacial score (nSPS) is 18.0. The van der Waals surface area contributed by atoms with Crippen LogP contribution in [0.3, 0.4) is 0 Å². The van der Waals surface area contributed by atoms with Gasteiger partial charge in [-0.05, 0) is 13.3 Å². The minimum Gasteiger partial charge on any atom is -0.308 e. The first kappa shape index (κ1) is 13.5. The van der Waals surface area contributed by atoms with Gasteiger partial charge in [-0.15, -0.1) is 0 Å². The molecule has 0 fully saturated rings. The van der Waals surface area contributed by atoms with Crippen molar-refractivity contribution in [2.45, 2.75) is 38.2 Å². The molecule has 0 saturated carbocycles. The molecule has 0 N–H and O–H groups in total. The highest BCUT2D eigenvalue weighted by atomic mass is 19.4. The molecule has 0 spiro atoms. The molecule has 0 rings (SSSR count). The fourth-order valence-electron chi connectivity index (χ4n) is 0.529. The molecule has 1 nitrogen and oxygen atoms in total. The molecular formula is C7H10F6O. The van der Waals surface area contributed by atoms with Crippen molar-refractivity contribution in [3.63, 3.8) is 0 Å². The Morgan fingerprint density at radius 3 is 1.71 bits per heavy atom. The minimum absolute atomic E-state index is 0.489. The third-order valence-corrected chi connectivity index (χ3v) is 1.69. The van der Waals surface area contributed by atoms with Gasteiger partial charge in [0.2, 0.25) is 0 Å². The number of alkyl halides is 6. The van der Waals surface area contributed by atoms with E-state index < -0.39 is 31.0 Å². The smallest absolute Gasteiger partial charge is 0.308 e. The largest absolute Gasteiger partial charge is 0.412 e. The molecule has 1 atom stereocenters. The summed E-state index contributed by atoms with van der Waals surface area (Å²) in [4.78, 5) is 0. The van der Waals surface area contributed by atoms with E-state index in [2.05, 4.69) is 4.74 Å². The van der Waals surface area contributed by atoms with Crippen molar-refractivity contribution in [1.29, 1.82) is 0 Å². The Kier molecular flexibility index (Phi) is 3.83. The van der Waals surface area contributed by atoms with Crippen molar-refractivity contribution in [3.05, 3.63) is 0 Å². The summed E-state index contributed by atoms with van der Waals surface area (Å²) in [6, 6.07) is 0. The van der Waals surface area contributed by atoms with E-state index in [1.807, 2.05) is 0 Å². The highest BCUT2D eigenvalue weighted by Crippen LogP contribution is 2.37. The molecule has 1 unspecified atom stereocenters. The third kappa shape index (κ3) is 3.73. The van der Waals surface area contributed by atoms with E-state index in [1.165, 1.54) is 0 Å². The molecule has 14 heavy (non-hydrogen) atoms. The lowest BCUT2D eigenvalue weighted by molar-refractivity contribution is -0.335. The number of halogens is 6. The fourth-order valence-corrected chi connectivity index (χ4v) is 0.529. The molecule has 0 aliphatic rings. The molecule has 0 amide bonds. The molecular weight excluding hydrogens is 214 g/mol. The van der Waals surface area contributed by atoms with Gasteiger partial charge in [-0.1, -0.05) is 6.92 Å². The Morgan fingerprint density at radius 2 is 1.43 bits per heavy atom. The first-order valence-corrected chi connectivity index (χ1v) is 3.79. The Morgan fingerprint density at radius 1 is 1.00 bits per heavy atom. The zero-order valence-electron chi connectivity index (χ0n) is 7.59. The van der Waals surface area contributed by atoms with Crippen LogP contribution in [0.5, 0.6) is 0 Å². The van der Waals surface area contributed by atoms with Gasteiger partial charge >= 0.3 is 12.3 Å². The average Bonchev–Trinajstić information content (AvgIpc) is 1.99. The van der Waals surface area contributed by atoms with Gasteiger partial charge in [0.15, 0.2) is 5.67 Å². The van der Waals surface area contributed by atoms with Crippen molar-refractivity contribution in [2.24, 2.45) is 0 Å². The average molecular weight is 224 g/mol. The molecule has 0 aromatic carbocycles. The standard InChI is InChI=1S/C7H10F6O/c1-3-5(2,8)7(12,13)14-4-6(9,10)11/h3-4H2,1-2H3. The van der Waals surface area contributed by atoms with Crippen molar-refractivity contribution in [1.82, 2.24) is 0 Å². The Labute approximate surface area is 77.0 Å². The van der Waals surface area contributed by atoms with Crippen LogP contribution in [-0.4, -0.2) is 24.6 Å². The molecule has 0 aromatic rings. The van der Waals surface area contributed by atoms with Crippen molar-refractivity contribution >= 4 is 0 Å². The van der Waals surface area contributed by atoms with Gasteiger partial charge in [0, 0.05) is 0 Å². The number of hydrogen-bond acceptors (Lipinski definition) is 1. The molecule has 0 saturated heterocycles. The Balaban J connectivity index is 4.35. The van der Waals surface area contributed by atoms with E-state index in [0.717, 1.165) is 6.92 Å². The zero-order chi connectivity index (χ0) is 11.6. The van der Waals surface area contributed by atoms with Crippen LogP contribution < -0.4 is 0 Å². The van der Waals surface area contributed by atoms with Crippen LogP contribution in [-0.2, 0) is 4.74 Å².